The number of hydrogen-bond acceptors (Lipinski definition) is 2. The van der Waals surface area contributed by atoms with Crippen molar-refractivity contribution in [1.82, 2.24) is 5.32 Å². The Bertz CT molecular complexity index is 534. The fourth-order valence-corrected chi connectivity index (χ4v) is 2.98. The molecule has 1 aromatic carbocycles. The largest absolute Gasteiger partial charge is 0.416 e. The van der Waals surface area contributed by atoms with E-state index in [1.54, 1.807) is 30.5 Å². The first kappa shape index (κ1) is 15.1. The van der Waals surface area contributed by atoms with Crippen LogP contribution < -0.4 is 5.32 Å². The molecule has 1 atom stereocenters. The quantitative estimate of drug-likeness (QED) is 0.846. The van der Waals surface area contributed by atoms with Crippen LogP contribution in [0.5, 0.6) is 0 Å². The predicted molar refractivity (Wildman–Crippen MR) is 75.9 cm³/mol. The summed E-state index contributed by atoms with van der Waals surface area (Å²) < 4.78 is 39.1. The molecule has 0 fully saturated rings. The number of halogens is 3. The lowest BCUT2D eigenvalue weighted by Gasteiger charge is -2.21. The van der Waals surface area contributed by atoms with E-state index in [0.29, 0.717) is 12.0 Å². The van der Waals surface area contributed by atoms with E-state index in [1.807, 2.05) is 17.5 Å². The van der Waals surface area contributed by atoms with Crippen LogP contribution in [0.15, 0.2) is 41.8 Å². The van der Waals surface area contributed by atoms with E-state index in [4.69, 9.17) is 0 Å². The molecule has 2 aromatic rings. The predicted octanol–water partition coefficient (Wildman–Crippen LogP) is 4.66. The van der Waals surface area contributed by atoms with Gasteiger partial charge in [0.25, 0.3) is 0 Å². The second kappa shape index (κ2) is 6.41. The van der Waals surface area contributed by atoms with Gasteiger partial charge in [0.05, 0.1) is 5.56 Å². The van der Waals surface area contributed by atoms with Gasteiger partial charge < -0.3 is 5.32 Å². The molecule has 108 valence electrons. The Morgan fingerprint density at radius 3 is 2.50 bits per heavy atom. The molecule has 0 saturated carbocycles. The summed E-state index contributed by atoms with van der Waals surface area (Å²) >= 11 is 1.63. The van der Waals surface area contributed by atoms with Gasteiger partial charge in [-0.25, -0.2) is 0 Å². The zero-order chi connectivity index (χ0) is 14.6. The van der Waals surface area contributed by atoms with Crippen molar-refractivity contribution in [1.29, 1.82) is 0 Å². The van der Waals surface area contributed by atoms with Gasteiger partial charge in [-0.1, -0.05) is 24.3 Å². The fourth-order valence-electron chi connectivity index (χ4n) is 2.26. The zero-order valence-corrected chi connectivity index (χ0v) is 11.9. The second-order valence-electron chi connectivity index (χ2n) is 4.54. The highest BCUT2D eigenvalue weighted by Crippen LogP contribution is 2.35. The molecule has 20 heavy (non-hydrogen) atoms. The number of nitrogens with one attached hydrogen (secondary N) is 1. The Balaban J connectivity index is 2.19. The highest BCUT2D eigenvalue weighted by atomic mass is 32.1. The smallest absolute Gasteiger partial charge is 0.313 e. The summed E-state index contributed by atoms with van der Waals surface area (Å²) in [6, 6.07) is 9.45. The molecule has 1 nitrogen and oxygen atoms in total. The Kier molecular flexibility index (Phi) is 4.83. The maximum absolute atomic E-state index is 13.0. The normalized spacial score (nSPS) is 13.4. The van der Waals surface area contributed by atoms with Gasteiger partial charge in [0.2, 0.25) is 0 Å². The number of alkyl halides is 3. The lowest BCUT2D eigenvalue weighted by Crippen LogP contribution is -2.21. The zero-order valence-electron chi connectivity index (χ0n) is 11.1. The van der Waals surface area contributed by atoms with E-state index in [9.17, 15) is 13.2 Å². The number of thiophene rings is 1. The summed E-state index contributed by atoms with van der Waals surface area (Å²) in [5.41, 5.74) is -0.232. The minimum Gasteiger partial charge on any atom is -0.313 e. The van der Waals surface area contributed by atoms with Gasteiger partial charge in [0, 0.05) is 10.9 Å². The van der Waals surface area contributed by atoms with E-state index in [2.05, 4.69) is 5.32 Å². The van der Waals surface area contributed by atoms with E-state index in [1.165, 1.54) is 10.9 Å². The highest BCUT2D eigenvalue weighted by Gasteiger charge is 2.34. The lowest BCUT2D eigenvalue weighted by atomic mass is 9.96. The molecule has 2 rings (SSSR count). The second-order valence-corrected chi connectivity index (χ2v) is 5.58. The molecule has 0 aliphatic heterocycles. The molecule has 5 heteroatoms. The number of rotatable bonds is 5. The number of aryl methyl sites for hydroxylation is 1. The summed E-state index contributed by atoms with van der Waals surface area (Å²) in [5, 5.41) is 4.98. The van der Waals surface area contributed by atoms with Gasteiger partial charge in [-0.2, -0.15) is 13.2 Å². The average molecular weight is 299 g/mol. The van der Waals surface area contributed by atoms with Crippen molar-refractivity contribution >= 4 is 11.3 Å². The molecule has 0 bridgehead atoms. The van der Waals surface area contributed by atoms with Crippen LogP contribution >= 0.6 is 11.3 Å². The first-order chi connectivity index (χ1) is 9.52. The van der Waals surface area contributed by atoms with Crippen molar-refractivity contribution in [2.75, 3.05) is 7.05 Å². The standard InChI is InChI=1S/C15H16F3NS/c1-19-14(9-8-11-5-4-10-20-11)12-6-2-3-7-13(12)15(16,17)18/h2-7,10,14,19H,8-9H2,1H3. The van der Waals surface area contributed by atoms with Gasteiger partial charge in [-0.3, -0.25) is 0 Å². The third kappa shape index (κ3) is 3.61. The van der Waals surface area contributed by atoms with Gasteiger partial charge in [0.15, 0.2) is 0 Å². The molecule has 0 aliphatic rings. The van der Waals surface area contributed by atoms with E-state index < -0.39 is 11.7 Å². The van der Waals surface area contributed by atoms with Crippen LogP contribution in [-0.4, -0.2) is 7.05 Å². The molecular formula is C15H16F3NS. The minimum absolute atomic E-state index is 0.296. The Morgan fingerprint density at radius 1 is 1.15 bits per heavy atom. The molecule has 1 aromatic heterocycles. The van der Waals surface area contributed by atoms with Gasteiger partial charge in [-0.05, 0) is 43.0 Å². The third-order valence-corrected chi connectivity index (χ3v) is 4.19. The van der Waals surface area contributed by atoms with Crippen molar-refractivity contribution in [3.05, 3.63) is 57.8 Å². The summed E-state index contributed by atoms with van der Waals surface area (Å²) in [4.78, 5) is 1.19. The number of benzene rings is 1. The van der Waals surface area contributed by atoms with Crippen LogP contribution in [-0.2, 0) is 12.6 Å². The van der Waals surface area contributed by atoms with Crippen LogP contribution in [0, 0.1) is 0 Å². The Hall–Kier alpha value is -1.33. The van der Waals surface area contributed by atoms with E-state index in [-0.39, 0.29) is 6.04 Å². The summed E-state index contributed by atoms with van der Waals surface area (Å²) in [6.45, 7) is 0. The lowest BCUT2D eigenvalue weighted by molar-refractivity contribution is -0.138. The monoisotopic (exact) mass is 299 g/mol. The van der Waals surface area contributed by atoms with E-state index >= 15 is 0 Å². The minimum atomic E-state index is -4.31. The van der Waals surface area contributed by atoms with Crippen molar-refractivity contribution in [2.45, 2.75) is 25.1 Å². The average Bonchev–Trinajstić information content (AvgIpc) is 2.92. The highest BCUT2D eigenvalue weighted by molar-refractivity contribution is 7.09. The first-order valence-electron chi connectivity index (χ1n) is 6.38. The van der Waals surface area contributed by atoms with Crippen LogP contribution in [0.4, 0.5) is 13.2 Å². The molecule has 0 amide bonds. The molecule has 1 N–H and O–H groups in total. The molecule has 0 spiro atoms. The molecular weight excluding hydrogens is 283 g/mol. The third-order valence-electron chi connectivity index (χ3n) is 3.25. The SMILES string of the molecule is CNC(CCc1cccs1)c1ccccc1C(F)(F)F. The number of hydrogen-bond donors (Lipinski definition) is 1. The van der Waals surface area contributed by atoms with Crippen molar-refractivity contribution in [2.24, 2.45) is 0 Å². The fraction of sp³-hybridized carbons (Fsp3) is 0.333. The van der Waals surface area contributed by atoms with Crippen LogP contribution in [0.2, 0.25) is 0 Å². The molecule has 0 aliphatic carbocycles. The van der Waals surface area contributed by atoms with Crippen LogP contribution in [0.1, 0.15) is 28.5 Å². The molecule has 0 saturated heterocycles. The first-order valence-corrected chi connectivity index (χ1v) is 7.26. The summed E-state index contributed by atoms with van der Waals surface area (Å²) in [7, 11) is 1.70. The topological polar surface area (TPSA) is 12.0 Å². The van der Waals surface area contributed by atoms with E-state index in [0.717, 1.165) is 12.5 Å². The van der Waals surface area contributed by atoms with Gasteiger partial charge in [-0.15, -0.1) is 11.3 Å². The summed E-state index contributed by atoms with van der Waals surface area (Å²) in [5.74, 6) is 0. The Labute approximate surface area is 120 Å². The molecule has 1 heterocycles. The van der Waals surface area contributed by atoms with Gasteiger partial charge in [0.1, 0.15) is 0 Å². The van der Waals surface area contributed by atoms with Gasteiger partial charge >= 0.3 is 6.18 Å². The van der Waals surface area contributed by atoms with Crippen LogP contribution in [0.3, 0.4) is 0 Å². The van der Waals surface area contributed by atoms with Crippen molar-refractivity contribution in [3.63, 3.8) is 0 Å². The molecule has 1 unspecified atom stereocenters. The van der Waals surface area contributed by atoms with Crippen molar-refractivity contribution < 1.29 is 13.2 Å². The Morgan fingerprint density at radius 2 is 1.90 bits per heavy atom. The van der Waals surface area contributed by atoms with Crippen molar-refractivity contribution in [3.8, 4) is 0 Å². The summed E-state index contributed by atoms with van der Waals surface area (Å²) in [6.07, 6.45) is -2.89. The maximum atomic E-state index is 13.0. The van der Waals surface area contributed by atoms with Crippen LogP contribution in [0.25, 0.3) is 0 Å². The maximum Gasteiger partial charge on any atom is 0.416 e. The molecule has 0 radical (unpaired) electrons.